The Morgan fingerprint density at radius 2 is 1.74 bits per heavy atom. The van der Waals surface area contributed by atoms with Crippen LogP contribution in [0.1, 0.15) is 5.56 Å². The van der Waals surface area contributed by atoms with E-state index in [9.17, 15) is 12.8 Å². The van der Waals surface area contributed by atoms with Gasteiger partial charge >= 0.3 is 0 Å². The van der Waals surface area contributed by atoms with Gasteiger partial charge in [0.2, 0.25) is 10.0 Å². The van der Waals surface area contributed by atoms with E-state index < -0.39 is 15.8 Å². The second-order valence-corrected chi connectivity index (χ2v) is 10.9. The molecule has 3 N–H and O–H groups in total. The Bertz CT molecular complexity index is 1970. The van der Waals surface area contributed by atoms with Crippen LogP contribution in [0.4, 0.5) is 4.39 Å². The Kier molecular flexibility index (Phi) is 6.04. The number of aromatic nitrogens is 6. The van der Waals surface area contributed by atoms with Crippen molar-refractivity contribution in [2.24, 2.45) is 0 Å². The lowest BCUT2D eigenvalue weighted by molar-refractivity contribution is 0.413. The largest absolute Gasteiger partial charge is 0.495 e. The van der Waals surface area contributed by atoms with E-state index in [0.29, 0.717) is 28.1 Å². The van der Waals surface area contributed by atoms with Crippen LogP contribution in [0.2, 0.25) is 0 Å². The fraction of sp³-hybridized carbons (Fsp3) is 0.111. The second-order valence-electron chi connectivity index (χ2n) is 9.08. The van der Waals surface area contributed by atoms with Crippen LogP contribution in [-0.2, 0) is 16.6 Å². The van der Waals surface area contributed by atoms with Gasteiger partial charge in [0.15, 0.2) is 5.65 Å². The van der Waals surface area contributed by atoms with E-state index in [0.717, 1.165) is 45.1 Å². The van der Waals surface area contributed by atoms with Crippen molar-refractivity contribution in [2.45, 2.75) is 6.54 Å². The molecule has 0 spiro atoms. The average Bonchev–Trinajstić information content (AvgIpc) is 3.55. The Balaban J connectivity index is 1.42. The molecule has 10 nitrogen and oxygen atoms in total. The molecule has 0 aliphatic carbocycles. The van der Waals surface area contributed by atoms with Gasteiger partial charge in [0.05, 0.1) is 42.7 Å². The summed E-state index contributed by atoms with van der Waals surface area (Å²) in [6.07, 6.45) is 9.52. The van der Waals surface area contributed by atoms with Gasteiger partial charge < -0.3 is 9.72 Å². The summed E-state index contributed by atoms with van der Waals surface area (Å²) in [5.74, 6) is 0.166. The van der Waals surface area contributed by atoms with Crippen molar-refractivity contribution < 1.29 is 17.5 Å². The summed E-state index contributed by atoms with van der Waals surface area (Å²) in [6.45, 7) is -0.0241. The van der Waals surface area contributed by atoms with Crippen molar-refractivity contribution in [1.82, 2.24) is 34.9 Å². The van der Waals surface area contributed by atoms with Crippen LogP contribution < -0.4 is 9.46 Å². The Hall–Kier alpha value is -4.68. The van der Waals surface area contributed by atoms with E-state index >= 15 is 0 Å². The molecule has 1 aromatic carbocycles. The van der Waals surface area contributed by atoms with E-state index in [1.807, 2.05) is 18.2 Å². The summed E-state index contributed by atoms with van der Waals surface area (Å²) in [5.41, 5.74) is 6.24. The lowest BCUT2D eigenvalue weighted by Gasteiger charge is -2.08. The SMILES string of the molecule is COc1cncc(-c2cnc3n[nH]c(-c4cc5c(-c6cc(F)cc(CNS(C)(=O)=O)c6)cncc5[nH]4)c3c2)c1. The highest BCUT2D eigenvalue weighted by molar-refractivity contribution is 7.88. The summed E-state index contributed by atoms with van der Waals surface area (Å²) < 4.78 is 45.3. The number of fused-ring (bicyclic) bond motifs is 2. The van der Waals surface area contributed by atoms with E-state index in [-0.39, 0.29) is 6.54 Å². The van der Waals surface area contributed by atoms with Crippen LogP contribution >= 0.6 is 0 Å². The van der Waals surface area contributed by atoms with Crippen LogP contribution in [0, 0.1) is 5.82 Å². The topological polar surface area (TPSA) is 139 Å². The normalized spacial score (nSPS) is 11.9. The first-order chi connectivity index (χ1) is 18.8. The number of pyridine rings is 3. The summed E-state index contributed by atoms with van der Waals surface area (Å²) in [5, 5.41) is 9.05. The molecule has 5 aromatic heterocycles. The number of methoxy groups -OCH3 is 1. The molecule has 0 saturated heterocycles. The summed E-state index contributed by atoms with van der Waals surface area (Å²) in [7, 11) is -1.84. The number of nitrogens with one attached hydrogen (secondary N) is 3. The summed E-state index contributed by atoms with van der Waals surface area (Å²) >= 11 is 0. The fourth-order valence-corrected chi connectivity index (χ4v) is 4.92. The van der Waals surface area contributed by atoms with Gasteiger partial charge in [-0.1, -0.05) is 0 Å². The van der Waals surface area contributed by atoms with E-state index in [2.05, 4.69) is 34.9 Å². The van der Waals surface area contributed by atoms with Crippen LogP contribution in [0.3, 0.4) is 0 Å². The van der Waals surface area contributed by atoms with Crippen molar-refractivity contribution in [3.05, 3.63) is 78.8 Å². The molecule has 0 radical (unpaired) electrons. The number of hydrogen-bond donors (Lipinski definition) is 3. The molecule has 6 rings (SSSR count). The van der Waals surface area contributed by atoms with Crippen molar-refractivity contribution in [3.8, 4) is 39.4 Å². The van der Waals surface area contributed by atoms with Crippen LogP contribution in [-0.4, -0.2) is 51.9 Å². The monoisotopic (exact) mass is 543 g/mol. The molecule has 0 fully saturated rings. The number of H-pyrrole nitrogens is 2. The molecule has 12 heteroatoms. The molecule has 39 heavy (non-hydrogen) atoms. The third-order valence-corrected chi connectivity index (χ3v) is 6.98. The Morgan fingerprint density at radius 3 is 2.56 bits per heavy atom. The summed E-state index contributed by atoms with van der Waals surface area (Å²) in [6, 6.07) is 10.3. The number of aromatic amines is 2. The van der Waals surface area contributed by atoms with Crippen molar-refractivity contribution in [1.29, 1.82) is 0 Å². The van der Waals surface area contributed by atoms with Gasteiger partial charge in [-0.05, 0) is 47.5 Å². The molecule has 0 bridgehead atoms. The smallest absolute Gasteiger partial charge is 0.209 e. The zero-order valence-electron chi connectivity index (χ0n) is 20.9. The highest BCUT2D eigenvalue weighted by atomic mass is 32.2. The van der Waals surface area contributed by atoms with Gasteiger partial charge in [0.25, 0.3) is 0 Å². The zero-order chi connectivity index (χ0) is 27.1. The minimum Gasteiger partial charge on any atom is -0.495 e. The highest BCUT2D eigenvalue weighted by Gasteiger charge is 2.16. The second kappa shape index (κ2) is 9.57. The molecule has 0 aliphatic heterocycles. The number of ether oxygens (including phenoxy) is 1. The minimum atomic E-state index is -3.43. The van der Waals surface area contributed by atoms with Crippen LogP contribution in [0.15, 0.2) is 67.4 Å². The molecule has 0 saturated carbocycles. The zero-order valence-corrected chi connectivity index (χ0v) is 21.7. The number of rotatable bonds is 7. The minimum absolute atomic E-state index is 0.0241. The maximum Gasteiger partial charge on any atom is 0.209 e. The maximum absolute atomic E-state index is 14.5. The molecule has 0 unspecified atom stereocenters. The predicted octanol–water partition coefficient (Wildman–Crippen LogP) is 4.43. The highest BCUT2D eigenvalue weighted by Crippen LogP contribution is 2.35. The van der Waals surface area contributed by atoms with E-state index in [1.165, 1.54) is 12.1 Å². The van der Waals surface area contributed by atoms with Crippen LogP contribution in [0.25, 0.3) is 55.6 Å². The van der Waals surface area contributed by atoms with Crippen molar-refractivity contribution >= 4 is 32.0 Å². The average molecular weight is 544 g/mol. The van der Waals surface area contributed by atoms with Crippen molar-refractivity contribution in [3.63, 3.8) is 0 Å². The number of benzene rings is 1. The van der Waals surface area contributed by atoms with Gasteiger partial charge in [-0.15, -0.1) is 0 Å². The van der Waals surface area contributed by atoms with Gasteiger partial charge in [0.1, 0.15) is 11.6 Å². The van der Waals surface area contributed by atoms with Crippen LogP contribution in [0.5, 0.6) is 5.75 Å². The summed E-state index contributed by atoms with van der Waals surface area (Å²) in [4.78, 5) is 16.4. The van der Waals surface area contributed by atoms with E-state index in [4.69, 9.17) is 4.74 Å². The number of sulfonamides is 1. The maximum atomic E-state index is 14.5. The van der Waals surface area contributed by atoms with Crippen molar-refractivity contribution in [2.75, 3.05) is 13.4 Å². The van der Waals surface area contributed by atoms with Gasteiger partial charge in [-0.3, -0.25) is 15.1 Å². The van der Waals surface area contributed by atoms with Gasteiger partial charge in [0, 0.05) is 52.6 Å². The Morgan fingerprint density at radius 1 is 0.923 bits per heavy atom. The fourth-order valence-electron chi connectivity index (χ4n) is 4.49. The molecular formula is C27H22FN7O3S. The molecule has 5 heterocycles. The lowest BCUT2D eigenvalue weighted by atomic mass is 10.0. The number of halogens is 1. The molecule has 6 aromatic rings. The quantitative estimate of drug-likeness (QED) is 0.271. The third-order valence-electron chi connectivity index (χ3n) is 6.31. The predicted molar refractivity (Wildman–Crippen MR) is 146 cm³/mol. The number of hydrogen-bond acceptors (Lipinski definition) is 7. The molecular weight excluding hydrogens is 521 g/mol. The molecule has 0 aliphatic rings. The molecule has 0 atom stereocenters. The number of nitrogens with zero attached hydrogens (tertiary/aromatic N) is 4. The first-order valence-corrected chi connectivity index (χ1v) is 13.7. The Labute approximate surface area is 222 Å². The molecule has 0 amide bonds. The molecule has 196 valence electrons. The standard InChI is InChI=1S/C27H22FN7O3S/c1-38-20-6-17(10-29-12-20)18-7-22-26(34-35-27(22)31-11-18)24-8-21-23(13-30-14-25(21)33-24)16-3-15(4-19(28)5-16)9-32-39(2,36)37/h3-8,10-14,32-33H,9H2,1-2H3,(H,31,34,35). The van der Waals surface area contributed by atoms with Gasteiger partial charge in [-0.2, -0.15) is 5.10 Å². The van der Waals surface area contributed by atoms with Gasteiger partial charge in [-0.25, -0.2) is 22.5 Å². The third kappa shape index (κ3) is 4.94. The first kappa shape index (κ1) is 24.6. The van der Waals surface area contributed by atoms with E-state index in [1.54, 1.807) is 44.2 Å². The lowest BCUT2D eigenvalue weighted by Crippen LogP contribution is -2.21. The first-order valence-electron chi connectivity index (χ1n) is 11.8.